The van der Waals surface area contributed by atoms with Crippen molar-refractivity contribution < 1.29 is 15.0 Å². The van der Waals surface area contributed by atoms with Crippen molar-refractivity contribution in [2.24, 2.45) is 0 Å². The Morgan fingerprint density at radius 1 is 1.08 bits per heavy atom. The topological polar surface area (TPSA) is 64.3 Å². The monoisotopic (exact) mass is 342 g/mol. The Labute approximate surface area is 149 Å². The highest BCUT2D eigenvalue weighted by atomic mass is 16.5. The highest BCUT2D eigenvalue weighted by molar-refractivity contribution is 5.97. The molecule has 0 aliphatic carbocycles. The molecule has 1 aliphatic heterocycles. The molecule has 5 heteroatoms. The summed E-state index contributed by atoms with van der Waals surface area (Å²) in [6.07, 6.45) is 0.892. The third-order valence-electron chi connectivity index (χ3n) is 4.24. The van der Waals surface area contributed by atoms with Crippen LogP contribution in [0.25, 0.3) is 0 Å². The summed E-state index contributed by atoms with van der Waals surface area (Å²) >= 11 is 0. The molecule has 0 saturated carbocycles. The van der Waals surface area contributed by atoms with E-state index in [-0.39, 0.29) is 17.5 Å². The molecule has 3 rings (SSSR count). The molecule has 2 aromatic rings. The Morgan fingerprint density at radius 2 is 1.76 bits per heavy atom. The molecule has 0 aromatic heterocycles. The molecule has 134 valence electrons. The summed E-state index contributed by atoms with van der Waals surface area (Å²) in [6, 6.07) is 17.7. The standard InChI is InChI=1S/C20H24N2O2.H2O/c1-21(2)13-12-17-15-22(14-16-8-4-3-5-9-16)20(23)18-10-6-7-11-19(18)24-17;/h3-11,17H,12-15H2,1-2H3;1H2. The molecule has 0 saturated heterocycles. The molecule has 25 heavy (non-hydrogen) atoms. The van der Waals surface area contributed by atoms with Gasteiger partial charge in [-0.15, -0.1) is 0 Å². The number of amides is 1. The van der Waals surface area contributed by atoms with Crippen molar-refractivity contribution in [3.05, 3.63) is 65.7 Å². The Bertz CT molecular complexity index is 688. The lowest BCUT2D eigenvalue weighted by Crippen LogP contribution is -2.37. The molecule has 1 unspecified atom stereocenters. The fourth-order valence-electron chi connectivity index (χ4n) is 2.95. The Hall–Kier alpha value is -2.37. The summed E-state index contributed by atoms with van der Waals surface area (Å²) < 4.78 is 6.16. The Morgan fingerprint density at radius 3 is 2.48 bits per heavy atom. The molecule has 1 amide bonds. The smallest absolute Gasteiger partial charge is 0.258 e. The van der Waals surface area contributed by atoms with Gasteiger partial charge in [0.25, 0.3) is 5.91 Å². The molecule has 2 N–H and O–H groups in total. The first-order valence-corrected chi connectivity index (χ1v) is 8.37. The van der Waals surface area contributed by atoms with Crippen LogP contribution in [-0.4, -0.2) is 54.5 Å². The van der Waals surface area contributed by atoms with Crippen molar-refractivity contribution in [2.45, 2.75) is 19.1 Å². The van der Waals surface area contributed by atoms with Crippen LogP contribution in [0.4, 0.5) is 0 Å². The van der Waals surface area contributed by atoms with Crippen LogP contribution < -0.4 is 4.74 Å². The number of fused-ring (bicyclic) bond motifs is 1. The molecule has 0 radical (unpaired) electrons. The third kappa shape index (κ3) is 4.81. The van der Waals surface area contributed by atoms with E-state index in [9.17, 15) is 4.79 Å². The molecule has 1 atom stereocenters. The van der Waals surface area contributed by atoms with Gasteiger partial charge in [0.1, 0.15) is 11.9 Å². The van der Waals surface area contributed by atoms with E-state index >= 15 is 0 Å². The minimum Gasteiger partial charge on any atom is -0.488 e. The fraction of sp³-hybridized carbons (Fsp3) is 0.350. The van der Waals surface area contributed by atoms with Gasteiger partial charge in [0.15, 0.2) is 0 Å². The summed E-state index contributed by atoms with van der Waals surface area (Å²) in [6.45, 7) is 2.15. The predicted octanol–water partition coefficient (Wildman–Crippen LogP) is 2.22. The van der Waals surface area contributed by atoms with Gasteiger partial charge < -0.3 is 20.0 Å². The van der Waals surface area contributed by atoms with Crippen molar-refractivity contribution in [2.75, 3.05) is 27.2 Å². The normalized spacial score (nSPS) is 16.7. The summed E-state index contributed by atoms with van der Waals surface area (Å²) in [4.78, 5) is 17.0. The zero-order valence-electron chi connectivity index (χ0n) is 14.8. The number of benzene rings is 2. The zero-order valence-corrected chi connectivity index (χ0v) is 14.8. The fourth-order valence-corrected chi connectivity index (χ4v) is 2.95. The molecular formula is C20H26N2O3. The number of hydrogen-bond donors (Lipinski definition) is 0. The van der Waals surface area contributed by atoms with Crippen LogP contribution in [0.3, 0.4) is 0 Å². The van der Waals surface area contributed by atoms with Gasteiger partial charge in [0.2, 0.25) is 0 Å². The van der Waals surface area contributed by atoms with E-state index in [1.807, 2.05) is 47.4 Å². The lowest BCUT2D eigenvalue weighted by molar-refractivity contribution is 0.0682. The van der Waals surface area contributed by atoms with E-state index in [0.29, 0.717) is 24.4 Å². The van der Waals surface area contributed by atoms with Crippen molar-refractivity contribution in [1.29, 1.82) is 0 Å². The molecule has 0 fully saturated rings. The number of carbonyl (C=O) groups excluding carboxylic acids is 1. The van der Waals surface area contributed by atoms with E-state index < -0.39 is 0 Å². The van der Waals surface area contributed by atoms with Crippen LogP contribution in [0.1, 0.15) is 22.3 Å². The first-order valence-electron chi connectivity index (χ1n) is 8.37. The SMILES string of the molecule is CN(C)CCC1CN(Cc2ccccc2)C(=O)c2ccccc2O1.O. The average Bonchev–Trinajstić information content (AvgIpc) is 2.72. The van der Waals surface area contributed by atoms with Gasteiger partial charge in [0, 0.05) is 13.1 Å². The average molecular weight is 342 g/mol. The maximum absolute atomic E-state index is 13.0. The van der Waals surface area contributed by atoms with Crippen molar-refractivity contribution >= 4 is 5.91 Å². The lowest BCUT2D eigenvalue weighted by atomic mass is 10.1. The highest BCUT2D eigenvalue weighted by Gasteiger charge is 2.28. The van der Waals surface area contributed by atoms with Gasteiger partial charge in [-0.25, -0.2) is 0 Å². The van der Waals surface area contributed by atoms with Crippen LogP contribution >= 0.6 is 0 Å². The lowest BCUT2D eigenvalue weighted by Gasteiger charge is -2.25. The molecule has 2 aromatic carbocycles. The summed E-state index contributed by atoms with van der Waals surface area (Å²) in [5, 5.41) is 0. The van der Waals surface area contributed by atoms with Crippen molar-refractivity contribution in [1.82, 2.24) is 9.80 Å². The van der Waals surface area contributed by atoms with Crippen molar-refractivity contribution in [3.8, 4) is 5.75 Å². The second kappa shape index (κ2) is 8.65. The van der Waals surface area contributed by atoms with Gasteiger partial charge in [-0.1, -0.05) is 42.5 Å². The minimum absolute atomic E-state index is 0. The van der Waals surface area contributed by atoms with Crippen LogP contribution in [-0.2, 0) is 6.54 Å². The molecule has 1 heterocycles. The molecule has 5 nitrogen and oxygen atoms in total. The third-order valence-corrected chi connectivity index (χ3v) is 4.24. The van der Waals surface area contributed by atoms with Crippen LogP contribution in [0.5, 0.6) is 5.75 Å². The maximum Gasteiger partial charge on any atom is 0.258 e. The largest absolute Gasteiger partial charge is 0.488 e. The maximum atomic E-state index is 13.0. The van der Waals surface area contributed by atoms with Crippen LogP contribution in [0, 0.1) is 0 Å². The number of para-hydroxylation sites is 1. The van der Waals surface area contributed by atoms with Gasteiger partial charge in [-0.2, -0.15) is 0 Å². The summed E-state index contributed by atoms with van der Waals surface area (Å²) in [5.41, 5.74) is 1.79. The zero-order chi connectivity index (χ0) is 16.9. The van der Waals surface area contributed by atoms with Gasteiger partial charge in [-0.3, -0.25) is 4.79 Å². The number of hydrogen-bond acceptors (Lipinski definition) is 3. The highest BCUT2D eigenvalue weighted by Crippen LogP contribution is 2.26. The van der Waals surface area contributed by atoms with E-state index in [4.69, 9.17) is 4.74 Å². The van der Waals surface area contributed by atoms with E-state index in [1.165, 1.54) is 0 Å². The summed E-state index contributed by atoms with van der Waals surface area (Å²) in [7, 11) is 4.11. The van der Waals surface area contributed by atoms with Gasteiger partial charge in [0.05, 0.1) is 12.1 Å². The number of nitrogens with zero attached hydrogens (tertiary/aromatic N) is 2. The number of rotatable bonds is 5. The predicted molar refractivity (Wildman–Crippen MR) is 98.8 cm³/mol. The van der Waals surface area contributed by atoms with Crippen LogP contribution in [0.2, 0.25) is 0 Å². The molecule has 0 spiro atoms. The van der Waals surface area contributed by atoms with Gasteiger partial charge >= 0.3 is 0 Å². The first kappa shape index (κ1) is 19.0. The van der Waals surface area contributed by atoms with Crippen molar-refractivity contribution in [3.63, 3.8) is 0 Å². The van der Waals surface area contributed by atoms with E-state index in [1.54, 1.807) is 0 Å². The molecule has 1 aliphatic rings. The second-order valence-corrected chi connectivity index (χ2v) is 6.50. The summed E-state index contributed by atoms with van der Waals surface area (Å²) in [5.74, 6) is 0.739. The molecule has 0 bridgehead atoms. The first-order chi connectivity index (χ1) is 11.6. The van der Waals surface area contributed by atoms with Gasteiger partial charge in [-0.05, 0) is 38.2 Å². The number of carbonyl (C=O) groups is 1. The molecular weight excluding hydrogens is 316 g/mol. The quantitative estimate of drug-likeness (QED) is 0.837. The number of ether oxygens (including phenoxy) is 1. The Kier molecular flexibility index (Phi) is 6.56. The second-order valence-electron chi connectivity index (χ2n) is 6.50. The Balaban J connectivity index is 0.00000225. The van der Waals surface area contributed by atoms with E-state index in [2.05, 4.69) is 31.1 Å². The van der Waals surface area contributed by atoms with E-state index in [0.717, 1.165) is 18.5 Å². The minimum atomic E-state index is 0. The van der Waals surface area contributed by atoms with Crippen LogP contribution in [0.15, 0.2) is 54.6 Å².